The van der Waals surface area contributed by atoms with Crippen LogP contribution in [-0.4, -0.2) is 60.5 Å². The van der Waals surface area contributed by atoms with Crippen LogP contribution in [-0.2, 0) is 4.79 Å². The van der Waals surface area contributed by atoms with E-state index in [-0.39, 0.29) is 11.8 Å². The molecule has 5 heteroatoms. The van der Waals surface area contributed by atoms with Crippen molar-refractivity contribution in [3.63, 3.8) is 0 Å². The maximum atomic E-state index is 13.3. The van der Waals surface area contributed by atoms with Crippen molar-refractivity contribution in [1.29, 1.82) is 0 Å². The summed E-state index contributed by atoms with van der Waals surface area (Å²) in [4.78, 5) is 21.0. The van der Waals surface area contributed by atoms with Crippen molar-refractivity contribution in [2.75, 3.05) is 39.8 Å². The van der Waals surface area contributed by atoms with Crippen LogP contribution in [0.4, 0.5) is 0 Å². The van der Waals surface area contributed by atoms with Crippen molar-refractivity contribution in [3.05, 3.63) is 65.9 Å². The molecule has 0 radical (unpaired) electrons. The van der Waals surface area contributed by atoms with Crippen LogP contribution in [0.5, 0.6) is 5.75 Å². The van der Waals surface area contributed by atoms with Crippen molar-refractivity contribution in [1.82, 2.24) is 14.8 Å². The van der Waals surface area contributed by atoms with Gasteiger partial charge in [0.1, 0.15) is 5.75 Å². The Morgan fingerprint density at radius 2 is 1.76 bits per heavy atom. The summed E-state index contributed by atoms with van der Waals surface area (Å²) in [7, 11) is 1.69. The second-order valence-corrected chi connectivity index (χ2v) is 7.60. The van der Waals surface area contributed by atoms with Crippen LogP contribution in [0.25, 0.3) is 10.9 Å². The van der Waals surface area contributed by atoms with E-state index in [2.05, 4.69) is 35.0 Å². The highest BCUT2D eigenvalue weighted by molar-refractivity contribution is 5.86. The van der Waals surface area contributed by atoms with E-state index in [1.54, 1.807) is 7.11 Å². The number of aromatic amines is 1. The van der Waals surface area contributed by atoms with Crippen LogP contribution in [0.3, 0.4) is 0 Å². The molecule has 1 N–H and O–H groups in total. The number of ether oxygens (including phenoxy) is 1. The third-order valence-electron chi connectivity index (χ3n) is 6.06. The topological polar surface area (TPSA) is 48.6 Å². The number of aromatic nitrogens is 1. The number of para-hydroxylation sites is 2. The third-order valence-corrected chi connectivity index (χ3v) is 6.06. The minimum atomic E-state index is -0.0565. The first-order valence-electron chi connectivity index (χ1n) is 10.4. The third kappa shape index (κ3) is 4.01. The van der Waals surface area contributed by atoms with Crippen LogP contribution >= 0.6 is 0 Å². The first-order chi connectivity index (χ1) is 14.2. The average molecular weight is 392 g/mol. The van der Waals surface area contributed by atoms with Crippen molar-refractivity contribution in [3.8, 4) is 5.75 Å². The monoisotopic (exact) mass is 391 g/mol. The van der Waals surface area contributed by atoms with Crippen LogP contribution < -0.4 is 4.74 Å². The Labute approximate surface area is 172 Å². The summed E-state index contributed by atoms with van der Waals surface area (Å²) in [6, 6.07) is 16.3. The summed E-state index contributed by atoms with van der Waals surface area (Å²) in [5, 5.41) is 1.16. The quantitative estimate of drug-likeness (QED) is 0.694. The summed E-state index contributed by atoms with van der Waals surface area (Å²) >= 11 is 0. The SMILES string of the molecule is CCN1CCN(C(=O)C[C@@H](c2ccccc2OC)c2c[nH]c3ccccc23)CC1. The van der Waals surface area contributed by atoms with E-state index in [4.69, 9.17) is 4.74 Å². The van der Waals surface area contributed by atoms with Gasteiger partial charge in [0.05, 0.1) is 7.11 Å². The number of hydrogen-bond donors (Lipinski definition) is 1. The second kappa shape index (κ2) is 8.70. The molecule has 1 saturated heterocycles. The Morgan fingerprint density at radius 3 is 2.52 bits per heavy atom. The molecule has 3 aromatic rings. The van der Waals surface area contributed by atoms with Gasteiger partial charge in [-0.1, -0.05) is 43.3 Å². The van der Waals surface area contributed by atoms with Crippen LogP contribution in [0.1, 0.15) is 30.4 Å². The maximum Gasteiger partial charge on any atom is 0.223 e. The maximum absolute atomic E-state index is 13.3. The molecule has 5 nitrogen and oxygen atoms in total. The zero-order valence-corrected chi connectivity index (χ0v) is 17.2. The number of benzene rings is 2. The van der Waals surface area contributed by atoms with Crippen molar-refractivity contribution in [2.24, 2.45) is 0 Å². The number of methoxy groups -OCH3 is 1. The summed E-state index contributed by atoms with van der Waals surface area (Å²) in [6.07, 6.45) is 2.48. The number of carbonyl (C=O) groups is 1. The Hall–Kier alpha value is -2.79. The van der Waals surface area contributed by atoms with Crippen LogP contribution in [0.2, 0.25) is 0 Å². The van der Waals surface area contributed by atoms with Crippen molar-refractivity contribution < 1.29 is 9.53 Å². The highest BCUT2D eigenvalue weighted by Crippen LogP contribution is 2.38. The van der Waals surface area contributed by atoms with Gasteiger partial charge in [0.25, 0.3) is 0 Å². The fourth-order valence-electron chi connectivity index (χ4n) is 4.34. The molecule has 1 aliphatic heterocycles. The zero-order valence-electron chi connectivity index (χ0n) is 17.2. The molecule has 1 atom stereocenters. The van der Waals surface area contributed by atoms with Gasteiger partial charge in [-0.05, 0) is 24.2 Å². The summed E-state index contributed by atoms with van der Waals surface area (Å²) in [5.74, 6) is 0.979. The predicted molar refractivity (Wildman–Crippen MR) is 116 cm³/mol. The predicted octanol–water partition coefficient (Wildman–Crippen LogP) is 3.86. The molecule has 152 valence electrons. The van der Waals surface area contributed by atoms with Gasteiger partial charge < -0.3 is 19.5 Å². The number of fused-ring (bicyclic) bond motifs is 1. The van der Waals surface area contributed by atoms with E-state index >= 15 is 0 Å². The Kier molecular flexibility index (Phi) is 5.86. The van der Waals surface area contributed by atoms with Gasteiger partial charge in [-0.3, -0.25) is 4.79 Å². The fourth-order valence-corrected chi connectivity index (χ4v) is 4.34. The number of likely N-dealkylation sites (N-methyl/N-ethyl adjacent to an activating group) is 1. The number of carbonyl (C=O) groups excluding carboxylic acids is 1. The lowest BCUT2D eigenvalue weighted by Crippen LogP contribution is -2.48. The molecule has 1 fully saturated rings. The molecular formula is C24H29N3O2. The summed E-state index contributed by atoms with van der Waals surface area (Å²) in [6.45, 7) is 6.73. The smallest absolute Gasteiger partial charge is 0.223 e. The molecule has 0 bridgehead atoms. The van der Waals surface area contributed by atoms with E-state index in [9.17, 15) is 4.79 Å². The first kappa shape index (κ1) is 19.5. The highest BCUT2D eigenvalue weighted by atomic mass is 16.5. The van der Waals surface area contributed by atoms with Gasteiger partial charge in [-0.15, -0.1) is 0 Å². The molecule has 0 spiro atoms. The molecule has 29 heavy (non-hydrogen) atoms. The highest BCUT2D eigenvalue weighted by Gasteiger charge is 2.28. The molecule has 0 saturated carbocycles. The standard InChI is InChI=1S/C24H29N3O2/c1-3-26-12-14-27(15-13-26)24(28)16-20(19-9-5-7-11-23(19)29-2)21-17-25-22-10-6-4-8-18(21)22/h4-11,17,20,25H,3,12-16H2,1-2H3/t20-/m0/s1. The molecule has 4 rings (SSSR count). The summed E-state index contributed by atoms with van der Waals surface area (Å²) < 4.78 is 5.65. The van der Waals surface area contributed by atoms with Gasteiger partial charge in [0.15, 0.2) is 0 Å². The molecule has 1 aliphatic rings. The number of hydrogen-bond acceptors (Lipinski definition) is 3. The van der Waals surface area contributed by atoms with Gasteiger partial charge in [0.2, 0.25) is 5.91 Å². The van der Waals surface area contributed by atoms with Gasteiger partial charge in [-0.25, -0.2) is 0 Å². The molecule has 1 aromatic heterocycles. The molecule has 2 aromatic carbocycles. The summed E-state index contributed by atoms with van der Waals surface area (Å²) in [5.41, 5.74) is 3.29. The average Bonchev–Trinajstić information content (AvgIpc) is 3.21. The molecule has 1 amide bonds. The number of H-pyrrole nitrogens is 1. The first-order valence-corrected chi connectivity index (χ1v) is 10.4. The van der Waals surface area contributed by atoms with E-state index < -0.39 is 0 Å². The van der Waals surface area contributed by atoms with E-state index in [0.717, 1.165) is 60.5 Å². The lowest BCUT2D eigenvalue weighted by atomic mass is 9.87. The van der Waals surface area contributed by atoms with Crippen LogP contribution in [0.15, 0.2) is 54.7 Å². The molecule has 2 heterocycles. The van der Waals surface area contributed by atoms with E-state index in [1.165, 1.54) is 0 Å². The Morgan fingerprint density at radius 1 is 1.03 bits per heavy atom. The van der Waals surface area contributed by atoms with Crippen molar-refractivity contribution >= 4 is 16.8 Å². The van der Waals surface area contributed by atoms with E-state index in [1.807, 2.05) is 41.4 Å². The lowest BCUT2D eigenvalue weighted by Gasteiger charge is -2.35. The number of rotatable bonds is 6. The molecule has 0 unspecified atom stereocenters. The zero-order chi connectivity index (χ0) is 20.2. The largest absolute Gasteiger partial charge is 0.496 e. The lowest BCUT2D eigenvalue weighted by molar-refractivity contribution is -0.133. The number of piperazine rings is 1. The Bertz CT molecular complexity index is 973. The van der Waals surface area contributed by atoms with Crippen molar-refractivity contribution in [2.45, 2.75) is 19.3 Å². The minimum Gasteiger partial charge on any atom is -0.496 e. The van der Waals surface area contributed by atoms with Gasteiger partial charge >= 0.3 is 0 Å². The van der Waals surface area contributed by atoms with Crippen LogP contribution in [0, 0.1) is 0 Å². The molecule has 0 aliphatic carbocycles. The van der Waals surface area contributed by atoms with Gasteiger partial charge in [-0.2, -0.15) is 0 Å². The number of nitrogens with zero attached hydrogens (tertiary/aromatic N) is 2. The minimum absolute atomic E-state index is 0.0565. The number of amides is 1. The fraction of sp³-hybridized carbons (Fsp3) is 0.375. The van der Waals surface area contributed by atoms with E-state index in [0.29, 0.717) is 6.42 Å². The Balaban J connectivity index is 1.67. The van der Waals surface area contributed by atoms with Gasteiger partial charge in [0, 0.05) is 61.2 Å². The second-order valence-electron chi connectivity index (χ2n) is 7.60. The normalized spacial score (nSPS) is 16.1. The molecular weight excluding hydrogens is 362 g/mol. The number of nitrogens with one attached hydrogen (secondary N) is 1.